The molecule has 0 aliphatic rings. The molecule has 0 radical (unpaired) electrons. The molecular weight excluding hydrogens is 577 g/mol. The Morgan fingerprint density at radius 1 is 0.976 bits per heavy atom. The first-order valence-electron chi connectivity index (χ1n) is 13.7. The molecule has 11 heteroatoms. The molecule has 0 heterocycles. The van der Waals surface area contributed by atoms with Gasteiger partial charge in [-0.25, -0.2) is 12.8 Å². The Morgan fingerprint density at radius 2 is 1.62 bits per heavy atom. The van der Waals surface area contributed by atoms with E-state index in [0.29, 0.717) is 6.42 Å². The summed E-state index contributed by atoms with van der Waals surface area (Å²) >= 11 is 1.47. The topological polar surface area (TPSA) is 96.0 Å². The third kappa shape index (κ3) is 8.04. The third-order valence-electron chi connectivity index (χ3n) is 6.83. The fraction of sp³-hybridized carbons (Fsp3) is 0.355. The fourth-order valence-corrected chi connectivity index (χ4v) is 6.02. The molecule has 2 amide bonds. The first kappa shape index (κ1) is 32.9. The van der Waals surface area contributed by atoms with Crippen molar-refractivity contribution in [1.82, 2.24) is 10.2 Å². The van der Waals surface area contributed by atoms with Crippen LogP contribution in [0.15, 0.2) is 82.6 Å². The van der Waals surface area contributed by atoms with Gasteiger partial charge in [-0.3, -0.25) is 13.9 Å². The molecule has 3 rings (SSSR count). The van der Waals surface area contributed by atoms with Gasteiger partial charge in [0, 0.05) is 23.0 Å². The van der Waals surface area contributed by atoms with E-state index in [1.165, 1.54) is 47.0 Å². The van der Waals surface area contributed by atoms with Gasteiger partial charge in [0.1, 0.15) is 24.2 Å². The van der Waals surface area contributed by atoms with Crippen LogP contribution in [-0.2, 0) is 26.2 Å². The molecule has 0 aromatic heterocycles. The number of amides is 2. The molecule has 0 aliphatic carbocycles. The minimum absolute atomic E-state index is 0.0115. The van der Waals surface area contributed by atoms with Crippen LogP contribution in [0.3, 0.4) is 0 Å². The summed E-state index contributed by atoms with van der Waals surface area (Å²) in [7, 11) is -4.28. The Labute approximate surface area is 252 Å². The molecule has 1 N–H and O–H groups in total. The Morgan fingerprint density at radius 3 is 2.24 bits per heavy atom. The van der Waals surface area contributed by atoms with Crippen LogP contribution >= 0.6 is 11.8 Å². The van der Waals surface area contributed by atoms with E-state index in [9.17, 15) is 22.4 Å². The number of rotatable bonds is 14. The third-order valence-corrected chi connectivity index (χ3v) is 9.34. The molecule has 0 fully saturated rings. The minimum Gasteiger partial charge on any atom is -0.492 e. The summed E-state index contributed by atoms with van der Waals surface area (Å²) in [5.74, 6) is -1.36. The number of benzene rings is 3. The maximum atomic E-state index is 14.7. The summed E-state index contributed by atoms with van der Waals surface area (Å²) in [6.45, 7) is 6.47. The number of ether oxygens (including phenoxy) is 1. The number of thioether (sulfide) groups is 1. The van der Waals surface area contributed by atoms with Gasteiger partial charge < -0.3 is 15.0 Å². The van der Waals surface area contributed by atoms with Crippen molar-refractivity contribution in [3.05, 3.63) is 84.2 Å². The van der Waals surface area contributed by atoms with Crippen molar-refractivity contribution < 1.29 is 27.1 Å². The zero-order valence-corrected chi connectivity index (χ0v) is 26.2. The van der Waals surface area contributed by atoms with Crippen LogP contribution in [0.1, 0.15) is 39.7 Å². The maximum Gasteiger partial charge on any atom is 0.264 e. The number of anilines is 1. The molecule has 0 saturated heterocycles. The second-order valence-electron chi connectivity index (χ2n) is 9.69. The molecule has 3 aromatic rings. The van der Waals surface area contributed by atoms with Crippen LogP contribution in [0.5, 0.6) is 5.75 Å². The van der Waals surface area contributed by atoms with Gasteiger partial charge >= 0.3 is 0 Å². The zero-order chi connectivity index (χ0) is 30.9. The van der Waals surface area contributed by atoms with E-state index in [-0.39, 0.29) is 41.1 Å². The van der Waals surface area contributed by atoms with E-state index in [4.69, 9.17) is 4.74 Å². The van der Waals surface area contributed by atoms with Gasteiger partial charge in [-0.2, -0.15) is 0 Å². The number of para-hydroxylation sites is 2. The monoisotopic (exact) mass is 615 g/mol. The van der Waals surface area contributed by atoms with Crippen molar-refractivity contribution >= 4 is 39.3 Å². The summed E-state index contributed by atoms with van der Waals surface area (Å²) in [4.78, 5) is 29.3. The molecular formula is C31H38FN3O5S2. The lowest BCUT2D eigenvalue weighted by molar-refractivity contribution is -0.139. The van der Waals surface area contributed by atoms with E-state index in [1.54, 1.807) is 56.3 Å². The molecule has 8 nitrogen and oxygen atoms in total. The van der Waals surface area contributed by atoms with Gasteiger partial charge in [0.25, 0.3) is 10.0 Å². The van der Waals surface area contributed by atoms with Gasteiger partial charge in [-0.05, 0) is 75.9 Å². The first-order chi connectivity index (χ1) is 20.0. The van der Waals surface area contributed by atoms with Gasteiger partial charge in [-0.1, -0.05) is 37.3 Å². The van der Waals surface area contributed by atoms with Gasteiger partial charge in [-0.15, -0.1) is 11.8 Å². The summed E-state index contributed by atoms with van der Waals surface area (Å²) < 4.78 is 49.6. The zero-order valence-electron chi connectivity index (χ0n) is 24.5. The normalized spacial score (nSPS) is 12.7. The van der Waals surface area contributed by atoms with Crippen LogP contribution in [0, 0.1) is 5.82 Å². The highest BCUT2D eigenvalue weighted by Crippen LogP contribution is 2.33. The average molecular weight is 616 g/mol. The number of nitrogens with zero attached hydrogens (tertiary/aromatic N) is 2. The molecule has 226 valence electrons. The first-order valence-corrected chi connectivity index (χ1v) is 16.4. The lowest BCUT2D eigenvalue weighted by Crippen LogP contribution is -2.52. The van der Waals surface area contributed by atoms with Crippen LogP contribution in [0.2, 0.25) is 0 Å². The number of sulfonamides is 1. The van der Waals surface area contributed by atoms with E-state index >= 15 is 0 Å². The molecule has 0 unspecified atom stereocenters. The highest BCUT2D eigenvalue weighted by atomic mass is 32.2. The van der Waals surface area contributed by atoms with E-state index < -0.39 is 40.2 Å². The summed E-state index contributed by atoms with van der Waals surface area (Å²) in [6, 6.07) is 17.7. The largest absolute Gasteiger partial charge is 0.492 e. The Kier molecular flexibility index (Phi) is 11.8. The number of carbonyl (C=O) groups excluding carboxylic acids is 2. The highest BCUT2D eigenvalue weighted by molar-refractivity contribution is 7.98. The molecule has 42 heavy (non-hydrogen) atoms. The van der Waals surface area contributed by atoms with E-state index in [2.05, 4.69) is 5.32 Å². The number of hydrogen-bond donors (Lipinski definition) is 1. The number of nitrogens with one attached hydrogen (secondary N) is 1. The lowest BCUT2D eigenvalue weighted by atomic mass is 10.1. The van der Waals surface area contributed by atoms with Crippen molar-refractivity contribution in [3.63, 3.8) is 0 Å². The molecule has 0 saturated carbocycles. The predicted molar refractivity (Wildman–Crippen MR) is 165 cm³/mol. The number of carbonyl (C=O) groups is 2. The van der Waals surface area contributed by atoms with Crippen LogP contribution in [0.25, 0.3) is 0 Å². The van der Waals surface area contributed by atoms with E-state index in [1.807, 2.05) is 20.1 Å². The molecule has 2 atom stereocenters. The number of hydrogen-bond acceptors (Lipinski definition) is 6. The van der Waals surface area contributed by atoms with Crippen molar-refractivity contribution in [3.8, 4) is 5.75 Å². The second-order valence-corrected chi connectivity index (χ2v) is 12.4. The van der Waals surface area contributed by atoms with Crippen molar-refractivity contribution in [2.75, 3.05) is 23.7 Å². The number of halogens is 1. The Balaban J connectivity index is 2.09. The summed E-state index contributed by atoms with van der Waals surface area (Å²) in [6.07, 6.45) is 2.56. The fourth-order valence-electron chi connectivity index (χ4n) is 4.19. The summed E-state index contributed by atoms with van der Waals surface area (Å²) in [5, 5.41) is 2.86. The SMILES string of the molecule is CCOc1ccccc1N(CC(=O)N(Cc1ccccc1F)[C@@H](C)C(=O)N[C@@H](C)CC)S(=O)(=O)c1ccc(SC)cc1. The highest BCUT2D eigenvalue weighted by Gasteiger charge is 2.34. The van der Waals surface area contributed by atoms with Crippen molar-refractivity contribution in [1.29, 1.82) is 0 Å². The van der Waals surface area contributed by atoms with Crippen LogP contribution in [0.4, 0.5) is 10.1 Å². The molecule has 0 aliphatic heterocycles. The second kappa shape index (κ2) is 15.1. The van der Waals surface area contributed by atoms with Gasteiger partial charge in [0.2, 0.25) is 11.8 Å². The maximum absolute atomic E-state index is 14.7. The Hall–Kier alpha value is -3.57. The molecule has 0 spiro atoms. The summed E-state index contributed by atoms with van der Waals surface area (Å²) in [5.41, 5.74) is 0.370. The lowest BCUT2D eigenvalue weighted by Gasteiger charge is -2.33. The molecule has 3 aromatic carbocycles. The quantitative estimate of drug-likeness (QED) is 0.242. The minimum atomic E-state index is -4.28. The smallest absolute Gasteiger partial charge is 0.264 e. The van der Waals surface area contributed by atoms with E-state index in [0.717, 1.165) is 9.20 Å². The molecule has 0 bridgehead atoms. The van der Waals surface area contributed by atoms with Crippen LogP contribution in [-0.4, -0.2) is 56.6 Å². The van der Waals surface area contributed by atoms with Crippen LogP contribution < -0.4 is 14.4 Å². The Bertz CT molecular complexity index is 1470. The van der Waals surface area contributed by atoms with Crippen molar-refractivity contribution in [2.24, 2.45) is 0 Å². The predicted octanol–water partition coefficient (Wildman–Crippen LogP) is 5.47. The standard InChI is InChI=1S/C31H38FN3O5S2/c1-6-22(3)33-31(37)23(4)34(20-24-12-8-9-13-27(24)32)30(36)21-35(28-14-10-11-15-29(28)40-7-2)42(38,39)26-18-16-25(41-5)17-19-26/h8-19,22-23H,6-7,20-21H2,1-5H3,(H,33,37)/t22-,23-/m0/s1. The van der Waals surface area contributed by atoms with Crippen molar-refractivity contribution in [2.45, 2.75) is 62.5 Å². The van der Waals surface area contributed by atoms with Gasteiger partial charge in [0.05, 0.1) is 17.2 Å². The average Bonchev–Trinajstić information content (AvgIpc) is 2.99. The van der Waals surface area contributed by atoms with Gasteiger partial charge in [0.15, 0.2) is 0 Å².